The molecule has 0 amide bonds. The predicted molar refractivity (Wildman–Crippen MR) is 92.1 cm³/mol. The van der Waals surface area contributed by atoms with Crippen LogP contribution in [0.1, 0.15) is 54.4 Å². The number of hydrogen-bond acceptors (Lipinski definition) is 2. The SMILES string of the molecule is CC[C@H](O[Si](C)(C)C(C)(C)C)[C@@H](C)/C=C/C[C@H](C)C(=O)O. The Balaban J connectivity index is 4.67. The maximum absolute atomic E-state index is 10.8. The Bertz CT molecular complexity index is 356. The van der Waals surface area contributed by atoms with Crippen molar-refractivity contribution in [2.45, 2.75) is 78.6 Å². The fourth-order valence-corrected chi connectivity index (χ4v) is 3.33. The highest BCUT2D eigenvalue weighted by molar-refractivity contribution is 6.74. The summed E-state index contributed by atoms with van der Waals surface area (Å²) >= 11 is 0. The molecule has 3 atom stereocenters. The number of aliphatic carboxylic acids is 1. The lowest BCUT2D eigenvalue weighted by Gasteiger charge is -2.40. The quantitative estimate of drug-likeness (QED) is 0.501. The Kier molecular flexibility index (Phi) is 7.90. The van der Waals surface area contributed by atoms with E-state index in [-0.39, 0.29) is 17.1 Å². The van der Waals surface area contributed by atoms with Crippen molar-refractivity contribution in [1.82, 2.24) is 0 Å². The third-order valence-corrected chi connectivity index (χ3v) is 9.10. The summed E-state index contributed by atoms with van der Waals surface area (Å²) < 4.78 is 6.49. The second kappa shape index (κ2) is 8.13. The van der Waals surface area contributed by atoms with Gasteiger partial charge in [0.15, 0.2) is 8.32 Å². The van der Waals surface area contributed by atoms with Crippen LogP contribution in [0.3, 0.4) is 0 Å². The molecule has 0 radical (unpaired) electrons. The van der Waals surface area contributed by atoms with Crippen molar-refractivity contribution >= 4 is 14.3 Å². The Morgan fingerprint density at radius 3 is 2.19 bits per heavy atom. The molecular weight excluding hydrogens is 280 g/mol. The Morgan fingerprint density at radius 1 is 1.29 bits per heavy atom. The van der Waals surface area contributed by atoms with Gasteiger partial charge in [-0.2, -0.15) is 0 Å². The monoisotopic (exact) mass is 314 g/mol. The average molecular weight is 315 g/mol. The summed E-state index contributed by atoms with van der Waals surface area (Å²) in [5, 5.41) is 9.10. The number of carbonyl (C=O) groups is 1. The van der Waals surface area contributed by atoms with Crippen molar-refractivity contribution in [3.8, 4) is 0 Å². The summed E-state index contributed by atoms with van der Waals surface area (Å²) in [5.74, 6) is -0.753. The lowest BCUT2D eigenvalue weighted by atomic mass is 10.0. The lowest BCUT2D eigenvalue weighted by Crippen LogP contribution is -2.45. The van der Waals surface area contributed by atoms with Crippen LogP contribution in [0.5, 0.6) is 0 Å². The fourth-order valence-electron chi connectivity index (χ4n) is 1.84. The first-order valence-corrected chi connectivity index (χ1v) is 10.9. The van der Waals surface area contributed by atoms with Gasteiger partial charge in [0.2, 0.25) is 0 Å². The molecule has 1 N–H and O–H groups in total. The molecule has 0 aliphatic rings. The van der Waals surface area contributed by atoms with Crippen LogP contribution in [-0.4, -0.2) is 25.5 Å². The zero-order valence-corrected chi connectivity index (χ0v) is 16.1. The smallest absolute Gasteiger partial charge is 0.306 e. The summed E-state index contributed by atoms with van der Waals surface area (Å²) in [7, 11) is -1.76. The van der Waals surface area contributed by atoms with Crippen LogP contribution >= 0.6 is 0 Å². The summed E-state index contributed by atoms with van der Waals surface area (Å²) in [6.45, 7) is 17.4. The van der Waals surface area contributed by atoms with Gasteiger partial charge in [-0.15, -0.1) is 0 Å². The van der Waals surface area contributed by atoms with Gasteiger partial charge in [0, 0.05) is 0 Å². The minimum atomic E-state index is -1.76. The molecule has 0 aromatic carbocycles. The third-order valence-electron chi connectivity index (χ3n) is 4.59. The van der Waals surface area contributed by atoms with E-state index in [4.69, 9.17) is 9.53 Å². The topological polar surface area (TPSA) is 46.5 Å². The van der Waals surface area contributed by atoms with Gasteiger partial charge in [0.25, 0.3) is 0 Å². The highest BCUT2D eigenvalue weighted by Crippen LogP contribution is 2.38. The first-order valence-electron chi connectivity index (χ1n) is 7.99. The van der Waals surface area contributed by atoms with E-state index < -0.39 is 14.3 Å². The van der Waals surface area contributed by atoms with Crippen LogP contribution in [0, 0.1) is 11.8 Å². The summed E-state index contributed by atoms with van der Waals surface area (Å²) in [5.41, 5.74) is 0. The summed E-state index contributed by atoms with van der Waals surface area (Å²) in [4.78, 5) is 10.8. The van der Waals surface area contributed by atoms with Crippen LogP contribution < -0.4 is 0 Å². The van der Waals surface area contributed by atoms with Crippen molar-refractivity contribution < 1.29 is 14.3 Å². The predicted octanol–water partition coefficient (Wildman–Crippen LogP) is 5.09. The average Bonchev–Trinajstić information content (AvgIpc) is 2.33. The normalized spacial score (nSPS) is 17.7. The zero-order valence-electron chi connectivity index (χ0n) is 15.1. The molecule has 0 aliphatic carbocycles. The van der Waals surface area contributed by atoms with Crippen molar-refractivity contribution in [2.75, 3.05) is 0 Å². The van der Waals surface area contributed by atoms with Crippen molar-refractivity contribution in [3.05, 3.63) is 12.2 Å². The molecule has 0 saturated carbocycles. The molecule has 0 rings (SSSR count). The van der Waals surface area contributed by atoms with E-state index in [0.29, 0.717) is 12.3 Å². The van der Waals surface area contributed by atoms with Crippen LogP contribution in [0.2, 0.25) is 18.1 Å². The Labute approximate surface area is 131 Å². The van der Waals surface area contributed by atoms with Gasteiger partial charge < -0.3 is 9.53 Å². The van der Waals surface area contributed by atoms with Gasteiger partial charge >= 0.3 is 5.97 Å². The molecule has 0 aromatic heterocycles. The zero-order chi connectivity index (χ0) is 16.8. The lowest BCUT2D eigenvalue weighted by molar-refractivity contribution is -0.140. The number of rotatable bonds is 8. The van der Waals surface area contributed by atoms with E-state index in [1.54, 1.807) is 6.92 Å². The molecule has 0 saturated heterocycles. The van der Waals surface area contributed by atoms with Gasteiger partial charge in [-0.3, -0.25) is 4.79 Å². The number of hydrogen-bond donors (Lipinski definition) is 1. The van der Waals surface area contributed by atoms with Gasteiger partial charge in [-0.25, -0.2) is 0 Å². The van der Waals surface area contributed by atoms with Crippen molar-refractivity contribution in [2.24, 2.45) is 11.8 Å². The van der Waals surface area contributed by atoms with Crippen LogP contribution in [0.25, 0.3) is 0 Å². The van der Waals surface area contributed by atoms with Crippen LogP contribution in [0.15, 0.2) is 12.2 Å². The van der Waals surface area contributed by atoms with E-state index in [0.717, 1.165) is 6.42 Å². The second-order valence-electron chi connectivity index (χ2n) is 7.59. The van der Waals surface area contributed by atoms with Crippen molar-refractivity contribution in [3.63, 3.8) is 0 Å². The van der Waals surface area contributed by atoms with Gasteiger partial charge in [-0.05, 0) is 36.9 Å². The molecule has 0 spiro atoms. The number of allylic oxidation sites excluding steroid dienone is 1. The molecule has 0 aliphatic heterocycles. The standard InChI is InChI=1S/C17H34O3Si/c1-9-15(20-21(7,8)17(4,5)6)13(2)11-10-12-14(3)16(18)19/h10-11,13-15H,9,12H2,1-8H3,(H,18,19)/b11-10+/t13-,14-,15-/m0/s1. The molecule has 21 heavy (non-hydrogen) atoms. The highest BCUT2D eigenvalue weighted by atomic mass is 28.4. The van der Waals surface area contributed by atoms with Crippen LogP contribution in [0.4, 0.5) is 0 Å². The van der Waals surface area contributed by atoms with E-state index in [2.05, 4.69) is 53.8 Å². The number of carboxylic acids is 1. The van der Waals surface area contributed by atoms with Gasteiger partial charge in [0.05, 0.1) is 12.0 Å². The van der Waals surface area contributed by atoms with Crippen LogP contribution in [-0.2, 0) is 9.22 Å². The van der Waals surface area contributed by atoms with E-state index in [1.807, 2.05) is 6.08 Å². The minimum absolute atomic E-state index is 0.210. The highest BCUT2D eigenvalue weighted by Gasteiger charge is 2.39. The van der Waals surface area contributed by atoms with Gasteiger partial charge in [0.1, 0.15) is 0 Å². The number of carboxylic acid groups (broad SMARTS) is 1. The molecule has 0 bridgehead atoms. The molecule has 0 heterocycles. The maximum atomic E-state index is 10.8. The summed E-state index contributed by atoms with van der Waals surface area (Å²) in [6, 6.07) is 0. The molecule has 124 valence electrons. The molecule has 0 unspecified atom stereocenters. The van der Waals surface area contributed by atoms with E-state index in [1.165, 1.54) is 0 Å². The van der Waals surface area contributed by atoms with Crippen molar-refractivity contribution in [1.29, 1.82) is 0 Å². The Morgan fingerprint density at radius 2 is 1.81 bits per heavy atom. The Hall–Kier alpha value is -0.613. The molecule has 4 heteroatoms. The molecular formula is C17H34O3Si. The fraction of sp³-hybridized carbons (Fsp3) is 0.824. The molecule has 3 nitrogen and oxygen atoms in total. The largest absolute Gasteiger partial charge is 0.481 e. The van der Waals surface area contributed by atoms with E-state index >= 15 is 0 Å². The minimum Gasteiger partial charge on any atom is -0.481 e. The molecule has 0 aromatic rings. The van der Waals surface area contributed by atoms with E-state index in [9.17, 15) is 4.79 Å². The summed E-state index contributed by atoms with van der Waals surface area (Å²) in [6.07, 6.45) is 5.87. The first kappa shape index (κ1) is 20.4. The maximum Gasteiger partial charge on any atom is 0.306 e. The van der Waals surface area contributed by atoms with Gasteiger partial charge in [-0.1, -0.05) is 53.7 Å². The first-order chi connectivity index (χ1) is 9.42. The molecule has 0 fully saturated rings. The third kappa shape index (κ3) is 6.79. The second-order valence-corrected chi connectivity index (χ2v) is 12.3.